The van der Waals surface area contributed by atoms with E-state index in [2.05, 4.69) is 5.32 Å². The van der Waals surface area contributed by atoms with Gasteiger partial charge in [-0.25, -0.2) is 0 Å². The van der Waals surface area contributed by atoms with Crippen LogP contribution >= 0.6 is 11.6 Å². The van der Waals surface area contributed by atoms with Gasteiger partial charge in [0.1, 0.15) is 0 Å². The molecule has 122 valence electrons. The van der Waals surface area contributed by atoms with Crippen LogP contribution in [0.3, 0.4) is 0 Å². The lowest BCUT2D eigenvalue weighted by atomic mass is 9.63. The summed E-state index contributed by atoms with van der Waals surface area (Å²) in [7, 11) is 3.80. The third kappa shape index (κ3) is 3.80. The Morgan fingerprint density at radius 1 is 1.45 bits per heavy atom. The first kappa shape index (κ1) is 17.3. The Bertz CT molecular complexity index is 539. The average molecular weight is 325 g/mol. The monoisotopic (exact) mass is 324 g/mol. The molecule has 5 heteroatoms. The van der Waals surface area contributed by atoms with Crippen molar-refractivity contribution in [2.24, 2.45) is 0 Å². The summed E-state index contributed by atoms with van der Waals surface area (Å²) in [4.78, 5) is 14.6. The summed E-state index contributed by atoms with van der Waals surface area (Å²) in [6, 6.07) is 7.53. The highest BCUT2D eigenvalue weighted by atomic mass is 35.5. The number of hydrogen-bond donors (Lipinski definition) is 2. The highest BCUT2D eigenvalue weighted by Crippen LogP contribution is 2.44. The molecule has 0 heterocycles. The average Bonchev–Trinajstić information content (AvgIpc) is 2.34. The molecule has 0 radical (unpaired) electrons. The number of nitrogens with one attached hydrogen (secondary N) is 1. The van der Waals surface area contributed by atoms with E-state index in [9.17, 15) is 9.90 Å². The van der Waals surface area contributed by atoms with Crippen LogP contribution in [0.4, 0.5) is 0 Å². The molecule has 0 bridgehead atoms. The fourth-order valence-electron chi connectivity index (χ4n) is 3.14. The van der Waals surface area contributed by atoms with Crippen molar-refractivity contribution in [3.8, 4) is 0 Å². The van der Waals surface area contributed by atoms with Gasteiger partial charge in [-0.2, -0.15) is 0 Å². The number of aliphatic hydroxyl groups is 1. The zero-order valence-corrected chi connectivity index (χ0v) is 14.3. The number of hydrogen-bond acceptors (Lipinski definition) is 3. The third-order valence-corrected chi connectivity index (χ3v) is 4.54. The summed E-state index contributed by atoms with van der Waals surface area (Å²) >= 11 is 6.07. The van der Waals surface area contributed by atoms with Crippen molar-refractivity contribution in [3.63, 3.8) is 0 Å². The van der Waals surface area contributed by atoms with Crippen molar-refractivity contribution in [1.82, 2.24) is 10.2 Å². The normalized spacial score (nSPS) is 19.4. The summed E-state index contributed by atoms with van der Waals surface area (Å²) in [5.41, 5.74) is -0.464. The van der Waals surface area contributed by atoms with Gasteiger partial charge in [-0.1, -0.05) is 30.2 Å². The highest BCUT2D eigenvalue weighted by Gasteiger charge is 2.46. The molecule has 1 aromatic rings. The molecule has 2 N–H and O–H groups in total. The summed E-state index contributed by atoms with van der Waals surface area (Å²) in [6.45, 7) is 2.48. The van der Waals surface area contributed by atoms with Gasteiger partial charge in [-0.3, -0.25) is 4.79 Å². The number of likely N-dealkylation sites (N-methyl/N-ethyl adjacent to an activating group) is 1. The van der Waals surface area contributed by atoms with Crippen LogP contribution in [0.25, 0.3) is 0 Å². The molecule has 0 saturated heterocycles. The molecule has 1 saturated carbocycles. The van der Waals surface area contributed by atoms with Crippen molar-refractivity contribution in [2.45, 2.75) is 37.2 Å². The summed E-state index contributed by atoms with van der Waals surface area (Å²) in [5.74, 6) is -0.0138. The van der Waals surface area contributed by atoms with E-state index in [1.807, 2.05) is 43.3 Å². The first-order valence-electron chi connectivity index (χ1n) is 7.67. The Kier molecular flexibility index (Phi) is 5.15. The molecule has 22 heavy (non-hydrogen) atoms. The fourth-order valence-corrected chi connectivity index (χ4v) is 3.33. The van der Waals surface area contributed by atoms with E-state index >= 15 is 0 Å². The molecule has 1 amide bonds. The van der Waals surface area contributed by atoms with Gasteiger partial charge in [-0.15, -0.1) is 0 Å². The largest absolute Gasteiger partial charge is 0.387 e. The predicted molar refractivity (Wildman–Crippen MR) is 89.2 cm³/mol. The van der Waals surface area contributed by atoms with Gasteiger partial charge in [0.2, 0.25) is 5.91 Å². The van der Waals surface area contributed by atoms with Crippen molar-refractivity contribution in [2.75, 3.05) is 27.2 Å². The Balaban J connectivity index is 2.07. The van der Waals surface area contributed by atoms with E-state index in [0.29, 0.717) is 11.6 Å². The minimum absolute atomic E-state index is 0.0138. The molecular weight excluding hydrogens is 300 g/mol. The van der Waals surface area contributed by atoms with Crippen molar-refractivity contribution >= 4 is 17.5 Å². The lowest BCUT2D eigenvalue weighted by Gasteiger charge is -2.41. The number of carbonyl (C=O) groups is 1. The second kappa shape index (κ2) is 6.57. The maximum absolute atomic E-state index is 12.7. The van der Waals surface area contributed by atoms with Gasteiger partial charge in [0, 0.05) is 18.1 Å². The molecule has 0 spiro atoms. The Morgan fingerprint density at radius 2 is 2.14 bits per heavy atom. The molecule has 1 aliphatic carbocycles. The van der Waals surface area contributed by atoms with Crippen LogP contribution in [0.2, 0.25) is 5.02 Å². The van der Waals surface area contributed by atoms with Crippen molar-refractivity contribution in [1.29, 1.82) is 0 Å². The number of benzene rings is 1. The molecule has 2 rings (SSSR count). The first-order chi connectivity index (χ1) is 10.3. The van der Waals surface area contributed by atoms with Crippen LogP contribution < -0.4 is 5.32 Å². The van der Waals surface area contributed by atoms with Crippen molar-refractivity contribution < 1.29 is 9.90 Å². The molecule has 0 aromatic heterocycles. The standard InChI is InChI=1S/C17H25ClN2O2/c1-16(22,12-20(2)3)11-19-15(21)17(8-5-9-17)13-6-4-7-14(18)10-13/h4,6-7,10,22H,5,8-9,11-12H2,1-3H3,(H,19,21). The first-order valence-corrected chi connectivity index (χ1v) is 8.04. The maximum Gasteiger partial charge on any atom is 0.230 e. The minimum atomic E-state index is -0.946. The number of nitrogens with zero attached hydrogens (tertiary/aromatic N) is 1. The second-order valence-corrected chi connectivity index (χ2v) is 7.30. The zero-order valence-electron chi connectivity index (χ0n) is 13.5. The van der Waals surface area contributed by atoms with Crippen LogP contribution in [0.1, 0.15) is 31.7 Å². The quantitative estimate of drug-likeness (QED) is 0.843. The molecular formula is C17H25ClN2O2. The maximum atomic E-state index is 12.7. The predicted octanol–water partition coefficient (Wildman–Crippen LogP) is 2.19. The topological polar surface area (TPSA) is 52.6 Å². The van der Waals surface area contributed by atoms with Gasteiger partial charge < -0.3 is 15.3 Å². The van der Waals surface area contributed by atoms with Gasteiger partial charge in [-0.05, 0) is 51.6 Å². The van der Waals surface area contributed by atoms with Crippen LogP contribution in [0.15, 0.2) is 24.3 Å². The van der Waals surface area contributed by atoms with Crippen LogP contribution in [0, 0.1) is 0 Å². The van der Waals surface area contributed by atoms with Gasteiger partial charge >= 0.3 is 0 Å². The Labute approximate surface area is 137 Å². The Morgan fingerprint density at radius 3 is 2.64 bits per heavy atom. The van der Waals surface area contributed by atoms with E-state index in [-0.39, 0.29) is 12.5 Å². The number of halogens is 1. The Hall–Kier alpha value is -1.10. The van der Waals surface area contributed by atoms with E-state index in [1.54, 1.807) is 6.92 Å². The van der Waals surface area contributed by atoms with Gasteiger partial charge in [0.15, 0.2) is 0 Å². The van der Waals surface area contributed by atoms with E-state index in [1.165, 1.54) is 0 Å². The molecule has 4 nitrogen and oxygen atoms in total. The van der Waals surface area contributed by atoms with Crippen LogP contribution in [-0.4, -0.2) is 48.7 Å². The molecule has 1 aliphatic rings. The number of carbonyl (C=O) groups excluding carboxylic acids is 1. The lowest BCUT2D eigenvalue weighted by molar-refractivity contribution is -0.131. The summed E-state index contributed by atoms with van der Waals surface area (Å²) < 4.78 is 0. The lowest BCUT2D eigenvalue weighted by Crippen LogP contribution is -2.54. The smallest absolute Gasteiger partial charge is 0.230 e. The molecule has 0 aliphatic heterocycles. The molecule has 1 aromatic carbocycles. The fraction of sp³-hybridized carbons (Fsp3) is 0.588. The van der Waals surface area contributed by atoms with Gasteiger partial charge in [0.25, 0.3) is 0 Å². The number of amides is 1. The van der Waals surface area contributed by atoms with Crippen molar-refractivity contribution in [3.05, 3.63) is 34.9 Å². The zero-order chi connectivity index (χ0) is 16.4. The molecule has 1 unspecified atom stereocenters. The molecule has 1 fully saturated rings. The molecule has 1 atom stereocenters. The highest BCUT2D eigenvalue weighted by molar-refractivity contribution is 6.30. The number of rotatable bonds is 6. The minimum Gasteiger partial charge on any atom is -0.387 e. The van der Waals surface area contributed by atoms with E-state index in [4.69, 9.17) is 11.6 Å². The summed E-state index contributed by atoms with van der Waals surface area (Å²) in [5, 5.41) is 13.9. The van der Waals surface area contributed by atoms with E-state index < -0.39 is 11.0 Å². The van der Waals surface area contributed by atoms with E-state index in [0.717, 1.165) is 24.8 Å². The third-order valence-electron chi connectivity index (χ3n) is 4.31. The SMILES string of the molecule is CN(C)CC(C)(O)CNC(=O)C1(c2cccc(Cl)c2)CCC1. The van der Waals surface area contributed by atoms with Gasteiger partial charge in [0.05, 0.1) is 11.0 Å². The van der Waals surface area contributed by atoms with Crippen LogP contribution in [0.5, 0.6) is 0 Å². The summed E-state index contributed by atoms with van der Waals surface area (Å²) in [6.07, 6.45) is 2.69. The van der Waals surface area contributed by atoms with Crippen LogP contribution in [-0.2, 0) is 10.2 Å². The second-order valence-electron chi connectivity index (χ2n) is 6.86.